The van der Waals surface area contributed by atoms with Crippen LogP contribution in [0.4, 0.5) is 0 Å². The van der Waals surface area contributed by atoms with E-state index in [1.165, 1.54) is 5.56 Å². The second-order valence-electron chi connectivity index (χ2n) is 7.92. The van der Waals surface area contributed by atoms with Crippen molar-refractivity contribution in [3.63, 3.8) is 0 Å². The normalized spacial score (nSPS) is 13.2. The molecule has 1 unspecified atom stereocenters. The van der Waals surface area contributed by atoms with Crippen LogP contribution in [0.3, 0.4) is 0 Å². The molecule has 1 heterocycles. The Labute approximate surface area is 191 Å². The zero-order valence-electron chi connectivity index (χ0n) is 19.1. The molecule has 0 bridgehead atoms. The van der Waals surface area contributed by atoms with Gasteiger partial charge in [-0.3, -0.25) is 4.98 Å². The fourth-order valence-corrected chi connectivity index (χ4v) is 4.10. The molecule has 0 N–H and O–H groups in total. The topological polar surface area (TPSA) is 12.9 Å². The summed E-state index contributed by atoms with van der Waals surface area (Å²) in [7, 11) is 0. The maximum absolute atomic E-state index is 9.41. The standard InChI is InChI=1S/C31H25N/c1-23(24-12-5-2-6-13-24)29-21-31(32-22-30(29)26-16-9-4-10-17-26)28-19-11-18-27(20-28)25-14-7-3-8-15-25/h2-23H,1H3/i23D. The molecular formula is C31H25N. The molecule has 0 spiro atoms. The lowest BCUT2D eigenvalue weighted by molar-refractivity contribution is 0.921. The Balaban J connectivity index is 1.67. The molecule has 32 heavy (non-hydrogen) atoms. The predicted octanol–water partition coefficient (Wildman–Crippen LogP) is 8.23. The molecule has 0 aliphatic rings. The van der Waals surface area contributed by atoms with Crippen LogP contribution in [0.2, 0.25) is 0 Å². The summed E-state index contributed by atoms with van der Waals surface area (Å²) in [5.74, 6) is -0.929. The smallest absolute Gasteiger partial charge is 0.0705 e. The highest BCUT2D eigenvalue weighted by Crippen LogP contribution is 2.35. The molecular weight excluding hydrogens is 386 g/mol. The number of hydrogen-bond acceptors (Lipinski definition) is 1. The number of benzene rings is 4. The van der Waals surface area contributed by atoms with Crippen LogP contribution in [0, 0.1) is 0 Å². The number of pyridine rings is 1. The SMILES string of the molecule is [2H]C(C)(c1ccccc1)c1cc(-c2cccc(-c3ccccc3)c2)ncc1-c1ccccc1. The van der Waals surface area contributed by atoms with Gasteiger partial charge in [0.2, 0.25) is 0 Å². The van der Waals surface area contributed by atoms with Crippen LogP contribution in [0.5, 0.6) is 0 Å². The molecule has 0 radical (unpaired) electrons. The molecule has 0 amide bonds. The zero-order chi connectivity index (χ0) is 22.7. The summed E-state index contributed by atoms with van der Waals surface area (Å²) in [6.07, 6.45) is 1.92. The van der Waals surface area contributed by atoms with Crippen molar-refractivity contribution in [3.05, 3.63) is 139 Å². The third-order valence-corrected chi connectivity index (χ3v) is 5.87. The van der Waals surface area contributed by atoms with Crippen LogP contribution in [0.25, 0.3) is 33.5 Å². The molecule has 0 saturated carbocycles. The van der Waals surface area contributed by atoms with E-state index in [9.17, 15) is 1.37 Å². The fourth-order valence-electron chi connectivity index (χ4n) is 4.10. The molecule has 0 aliphatic heterocycles. The number of hydrogen-bond donors (Lipinski definition) is 0. The highest BCUT2D eigenvalue weighted by Gasteiger charge is 2.16. The van der Waals surface area contributed by atoms with Gasteiger partial charge in [0.15, 0.2) is 0 Å². The van der Waals surface area contributed by atoms with E-state index in [1.54, 1.807) is 0 Å². The summed E-state index contributed by atoms with van der Waals surface area (Å²) in [6.45, 7) is 1.97. The third-order valence-electron chi connectivity index (χ3n) is 5.87. The minimum absolute atomic E-state index is 0.872. The largest absolute Gasteiger partial charge is 0.256 e. The maximum atomic E-state index is 9.41. The monoisotopic (exact) mass is 412 g/mol. The van der Waals surface area contributed by atoms with Crippen molar-refractivity contribution in [1.82, 2.24) is 4.98 Å². The first-order chi connectivity index (χ1) is 16.1. The van der Waals surface area contributed by atoms with E-state index in [-0.39, 0.29) is 0 Å². The van der Waals surface area contributed by atoms with Crippen molar-refractivity contribution >= 4 is 0 Å². The van der Waals surface area contributed by atoms with Crippen LogP contribution < -0.4 is 0 Å². The minimum atomic E-state index is -0.929. The lowest BCUT2D eigenvalue weighted by Crippen LogP contribution is -2.01. The third kappa shape index (κ3) is 4.10. The summed E-state index contributed by atoms with van der Waals surface area (Å²) in [6, 6.07) is 41.2. The van der Waals surface area contributed by atoms with Gasteiger partial charge in [0.25, 0.3) is 0 Å². The van der Waals surface area contributed by atoms with Gasteiger partial charge in [0.05, 0.1) is 5.69 Å². The Morgan fingerprint density at radius 1 is 0.594 bits per heavy atom. The Hall–Kier alpha value is -3.97. The van der Waals surface area contributed by atoms with Crippen molar-refractivity contribution in [2.24, 2.45) is 0 Å². The van der Waals surface area contributed by atoms with Crippen molar-refractivity contribution in [2.45, 2.75) is 12.8 Å². The van der Waals surface area contributed by atoms with Crippen LogP contribution in [-0.2, 0) is 0 Å². The summed E-state index contributed by atoms with van der Waals surface area (Å²) in [4.78, 5) is 4.84. The molecule has 4 aromatic carbocycles. The molecule has 154 valence electrons. The first-order valence-corrected chi connectivity index (χ1v) is 10.9. The Morgan fingerprint density at radius 3 is 1.84 bits per heavy atom. The predicted molar refractivity (Wildman–Crippen MR) is 135 cm³/mol. The molecule has 1 nitrogen and oxygen atoms in total. The molecule has 5 rings (SSSR count). The quantitative estimate of drug-likeness (QED) is 0.283. The number of rotatable bonds is 5. The van der Waals surface area contributed by atoms with Crippen LogP contribution in [0.1, 0.15) is 25.3 Å². The van der Waals surface area contributed by atoms with Gasteiger partial charge >= 0.3 is 0 Å². The second kappa shape index (κ2) is 9.03. The molecule has 1 aromatic heterocycles. The van der Waals surface area contributed by atoms with Gasteiger partial charge in [-0.25, -0.2) is 0 Å². The summed E-state index contributed by atoms with van der Waals surface area (Å²) < 4.78 is 9.41. The van der Waals surface area contributed by atoms with E-state index in [0.29, 0.717) is 0 Å². The zero-order valence-corrected chi connectivity index (χ0v) is 18.1. The van der Waals surface area contributed by atoms with Crippen LogP contribution in [-0.4, -0.2) is 4.98 Å². The highest BCUT2D eigenvalue weighted by molar-refractivity contribution is 5.75. The van der Waals surface area contributed by atoms with E-state index in [1.807, 2.05) is 67.7 Å². The molecule has 0 saturated heterocycles. The lowest BCUT2D eigenvalue weighted by Gasteiger charge is -2.19. The first-order valence-electron chi connectivity index (χ1n) is 11.4. The average molecular weight is 413 g/mol. The van der Waals surface area contributed by atoms with E-state index in [4.69, 9.17) is 4.98 Å². The van der Waals surface area contributed by atoms with Gasteiger partial charge < -0.3 is 0 Å². The van der Waals surface area contributed by atoms with Gasteiger partial charge in [-0.1, -0.05) is 116 Å². The van der Waals surface area contributed by atoms with Gasteiger partial charge in [0.1, 0.15) is 0 Å². The lowest BCUT2D eigenvalue weighted by atomic mass is 9.87. The average Bonchev–Trinajstić information content (AvgIpc) is 2.90. The highest BCUT2D eigenvalue weighted by atomic mass is 14.7. The van der Waals surface area contributed by atoms with E-state index in [0.717, 1.165) is 39.1 Å². The van der Waals surface area contributed by atoms with Gasteiger partial charge in [-0.05, 0) is 39.9 Å². The first kappa shape index (κ1) is 18.8. The van der Waals surface area contributed by atoms with E-state index < -0.39 is 5.89 Å². The fraction of sp³-hybridized carbons (Fsp3) is 0.0645. The van der Waals surface area contributed by atoms with Gasteiger partial charge in [0, 0.05) is 24.6 Å². The van der Waals surface area contributed by atoms with Crippen molar-refractivity contribution in [2.75, 3.05) is 0 Å². The van der Waals surface area contributed by atoms with Crippen molar-refractivity contribution in [3.8, 4) is 33.5 Å². The number of aromatic nitrogens is 1. The molecule has 5 aromatic rings. The van der Waals surface area contributed by atoms with Crippen LogP contribution >= 0.6 is 0 Å². The Morgan fingerprint density at radius 2 is 1.16 bits per heavy atom. The maximum Gasteiger partial charge on any atom is 0.0705 e. The van der Waals surface area contributed by atoms with Crippen LogP contribution in [0.15, 0.2) is 128 Å². The van der Waals surface area contributed by atoms with Gasteiger partial charge in [-0.15, -0.1) is 0 Å². The Bertz CT molecular complexity index is 1360. The summed E-state index contributed by atoms with van der Waals surface area (Å²) in [5.41, 5.74) is 8.19. The molecule has 1 atom stereocenters. The molecule has 0 fully saturated rings. The second-order valence-corrected chi connectivity index (χ2v) is 7.92. The number of nitrogens with zero attached hydrogens (tertiary/aromatic N) is 1. The molecule has 1 heteroatoms. The van der Waals surface area contributed by atoms with Crippen molar-refractivity contribution < 1.29 is 1.37 Å². The van der Waals surface area contributed by atoms with E-state index in [2.05, 4.69) is 66.7 Å². The van der Waals surface area contributed by atoms with E-state index >= 15 is 0 Å². The summed E-state index contributed by atoms with van der Waals surface area (Å²) >= 11 is 0. The Kier molecular flexibility index (Phi) is 5.30. The summed E-state index contributed by atoms with van der Waals surface area (Å²) in [5, 5.41) is 0. The minimum Gasteiger partial charge on any atom is -0.256 e. The van der Waals surface area contributed by atoms with Crippen molar-refractivity contribution in [1.29, 1.82) is 0 Å². The van der Waals surface area contributed by atoms with Gasteiger partial charge in [-0.2, -0.15) is 0 Å². The molecule has 0 aliphatic carbocycles.